The van der Waals surface area contributed by atoms with Gasteiger partial charge in [0.15, 0.2) is 0 Å². The van der Waals surface area contributed by atoms with Crippen LogP contribution < -0.4 is 3.07 Å². The molecule has 0 spiro atoms. The van der Waals surface area contributed by atoms with Crippen molar-refractivity contribution in [2.24, 2.45) is 0 Å². The standard InChI is InChI=1S/C8H9S.Hg/c1-6-3-4-8(9)5-7(6)2;/h3-4,9H,1-2H3;. The summed E-state index contributed by atoms with van der Waals surface area (Å²) in [5.74, 6) is 0. The van der Waals surface area contributed by atoms with Gasteiger partial charge in [-0.2, -0.15) is 0 Å². The van der Waals surface area contributed by atoms with Crippen LogP contribution in [0.5, 0.6) is 0 Å². The third-order valence-corrected chi connectivity index (χ3v) is 6.96. The van der Waals surface area contributed by atoms with E-state index in [9.17, 15) is 0 Å². The molecular formula is C8H9HgS. The van der Waals surface area contributed by atoms with Crippen LogP contribution in [-0.4, -0.2) is 0 Å². The van der Waals surface area contributed by atoms with Crippen molar-refractivity contribution in [2.45, 2.75) is 18.7 Å². The van der Waals surface area contributed by atoms with Crippen LogP contribution in [0.1, 0.15) is 11.1 Å². The maximum absolute atomic E-state index is 4.36. The Morgan fingerprint density at radius 1 is 1.30 bits per heavy atom. The third-order valence-electron chi connectivity index (χ3n) is 1.84. The molecule has 10 heavy (non-hydrogen) atoms. The van der Waals surface area contributed by atoms with Gasteiger partial charge in [0.05, 0.1) is 0 Å². The van der Waals surface area contributed by atoms with Crippen molar-refractivity contribution in [3.8, 4) is 0 Å². The first kappa shape index (κ1) is 8.60. The maximum atomic E-state index is 4.36. The monoisotopic (exact) mass is 339 g/mol. The number of benzene rings is 1. The second-order valence-corrected chi connectivity index (χ2v) is 5.74. The van der Waals surface area contributed by atoms with Crippen LogP contribution in [0.4, 0.5) is 0 Å². The van der Waals surface area contributed by atoms with E-state index in [2.05, 4.69) is 38.6 Å². The molecule has 49 valence electrons. The molecule has 0 radical (unpaired) electrons. The van der Waals surface area contributed by atoms with E-state index in [0.717, 1.165) is 0 Å². The predicted octanol–water partition coefficient (Wildman–Crippen LogP) is 1.76. The number of thiol groups is 1. The average Bonchev–Trinajstić information content (AvgIpc) is 1.93. The number of aryl methyl sites for hydroxylation is 1. The third kappa shape index (κ3) is 1.56. The molecule has 0 aromatic heterocycles. The molecule has 0 aliphatic rings. The molecule has 2 heteroatoms. The van der Waals surface area contributed by atoms with E-state index in [4.69, 9.17) is 0 Å². The fourth-order valence-electron chi connectivity index (χ4n) is 0.860. The van der Waals surface area contributed by atoms with Gasteiger partial charge in [-0.15, -0.1) is 0 Å². The van der Waals surface area contributed by atoms with Gasteiger partial charge in [-0.05, 0) is 0 Å². The van der Waals surface area contributed by atoms with Crippen molar-refractivity contribution in [1.29, 1.82) is 0 Å². The number of hydrogen-bond donors (Lipinski definition) is 1. The summed E-state index contributed by atoms with van der Waals surface area (Å²) >= 11 is 5.06. The normalized spacial score (nSPS) is 10.1. The Labute approximate surface area is 83.4 Å². The number of rotatable bonds is 0. The van der Waals surface area contributed by atoms with Gasteiger partial charge in [0.25, 0.3) is 0 Å². The van der Waals surface area contributed by atoms with E-state index in [1.807, 2.05) is 0 Å². The summed E-state index contributed by atoms with van der Waals surface area (Å²) in [6.45, 7) is 4.33. The van der Waals surface area contributed by atoms with Crippen LogP contribution in [0.3, 0.4) is 0 Å². The molecule has 0 bridgehead atoms. The van der Waals surface area contributed by atoms with E-state index < -0.39 is 0 Å². The van der Waals surface area contributed by atoms with Crippen molar-refractivity contribution in [1.82, 2.24) is 0 Å². The van der Waals surface area contributed by atoms with Gasteiger partial charge in [0.1, 0.15) is 0 Å². The summed E-state index contributed by atoms with van der Waals surface area (Å²) < 4.78 is 1.49. The first-order chi connectivity index (χ1) is 4.63. The summed E-state index contributed by atoms with van der Waals surface area (Å²) in [6.07, 6.45) is 0. The fourth-order valence-corrected chi connectivity index (χ4v) is 2.64. The molecule has 0 nitrogen and oxygen atoms in total. The Morgan fingerprint density at radius 2 is 1.90 bits per heavy atom. The van der Waals surface area contributed by atoms with Gasteiger partial charge in [-0.25, -0.2) is 0 Å². The van der Waals surface area contributed by atoms with E-state index in [1.54, 1.807) is 0 Å². The van der Waals surface area contributed by atoms with Gasteiger partial charge in [0.2, 0.25) is 0 Å². The molecule has 1 rings (SSSR count). The molecule has 1 aromatic rings. The molecule has 0 amide bonds. The Bertz CT molecular complexity index is 229. The molecule has 0 unspecified atom stereocenters. The SMILES string of the molecule is Cc1ccc(S)[c]([Hg])c1C. The van der Waals surface area contributed by atoms with Crippen LogP contribution in [0.15, 0.2) is 17.0 Å². The summed E-state index contributed by atoms with van der Waals surface area (Å²) in [7, 11) is 0. The molecule has 0 heterocycles. The van der Waals surface area contributed by atoms with Crippen LogP contribution >= 0.6 is 12.6 Å². The van der Waals surface area contributed by atoms with Crippen molar-refractivity contribution >= 4 is 15.7 Å². The van der Waals surface area contributed by atoms with E-state index in [0.29, 0.717) is 26.1 Å². The van der Waals surface area contributed by atoms with Gasteiger partial charge in [-0.3, -0.25) is 0 Å². The summed E-state index contributed by atoms with van der Waals surface area (Å²) in [6, 6.07) is 4.22. The molecule has 0 fully saturated rings. The van der Waals surface area contributed by atoms with Gasteiger partial charge in [0, 0.05) is 0 Å². The van der Waals surface area contributed by atoms with Crippen molar-refractivity contribution < 1.29 is 26.1 Å². The molecule has 0 aliphatic heterocycles. The molecule has 1 aromatic carbocycles. The summed E-state index contributed by atoms with van der Waals surface area (Å²) in [5, 5.41) is 0. The first-order valence-corrected chi connectivity index (χ1v) is 6.43. The number of hydrogen-bond acceptors (Lipinski definition) is 1. The van der Waals surface area contributed by atoms with Crippen molar-refractivity contribution in [2.75, 3.05) is 0 Å². The van der Waals surface area contributed by atoms with E-state index >= 15 is 0 Å². The minimum atomic E-state index is 0.700. The minimum absolute atomic E-state index is 0.700. The molecular weight excluding hydrogens is 329 g/mol. The van der Waals surface area contributed by atoms with Gasteiger partial charge < -0.3 is 0 Å². The van der Waals surface area contributed by atoms with E-state index in [1.165, 1.54) is 19.1 Å². The Hall–Kier alpha value is 0.505. The molecule has 0 saturated heterocycles. The molecule has 0 atom stereocenters. The Kier molecular flexibility index (Phi) is 2.81. The van der Waals surface area contributed by atoms with Crippen LogP contribution in [0.25, 0.3) is 0 Å². The van der Waals surface area contributed by atoms with Gasteiger partial charge >= 0.3 is 83.8 Å². The predicted molar refractivity (Wildman–Crippen MR) is 42.8 cm³/mol. The summed E-state index contributed by atoms with van der Waals surface area (Å²) in [5.41, 5.74) is 2.83. The Balaban J connectivity index is 3.34. The zero-order chi connectivity index (χ0) is 7.72. The molecule has 0 saturated carbocycles. The summed E-state index contributed by atoms with van der Waals surface area (Å²) in [4.78, 5) is 1.17. The topological polar surface area (TPSA) is 0 Å². The van der Waals surface area contributed by atoms with Crippen LogP contribution in [-0.2, 0) is 26.1 Å². The van der Waals surface area contributed by atoms with Crippen molar-refractivity contribution in [3.63, 3.8) is 0 Å². The molecule has 0 aliphatic carbocycles. The van der Waals surface area contributed by atoms with Crippen LogP contribution in [0, 0.1) is 13.8 Å². The second kappa shape index (κ2) is 3.27. The van der Waals surface area contributed by atoms with Gasteiger partial charge in [-0.1, -0.05) is 0 Å². The van der Waals surface area contributed by atoms with E-state index in [-0.39, 0.29) is 0 Å². The average molecular weight is 338 g/mol. The fraction of sp³-hybridized carbons (Fsp3) is 0.250. The Morgan fingerprint density at radius 3 is 2.40 bits per heavy atom. The molecule has 0 N–H and O–H groups in total. The zero-order valence-electron chi connectivity index (χ0n) is 6.31. The first-order valence-electron chi connectivity index (χ1n) is 3.24. The quantitative estimate of drug-likeness (QED) is 0.541. The zero-order valence-corrected chi connectivity index (χ0v) is 12.7. The van der Waals surface area contributed by atoms with Crippen molar-refractivity contribution in [3.05, 3.63) is 23.3 Å². The second-order valence-electron chi connectivity index (χ2n) is 2.51. The van der Waals surface area contributed by atoms with Crippen LogP contribution in [0.2, 0.25) is 0 Å².